The Kier molecular flexibility index (Phi) is 5.70. The zero-order valence-electron chi connectivity index (χ0n) is 15.4. The van der Waals surface area contributed by atoms with E-state index in [1.807, 2.05) is 24.6 Å². The van der Waals surface area contributed by atoms with E-state index in [9.17, 15) is 4.39 Å². The summed E-state index contributed by atoms with van der Waals surface area (Å²) in [6, 6.07) is 4.96. The number of ether oxygens (including phenoxy) is 1. The maximum Gasteiger partial charge on any atom is 0.191 e. The number of hydrogen-bond acceptors (Lipinski definition) is 4. The molecule has 0 amide bonds. The average molecular weight is 360 g/mol. The Balaban J connectivity index is 1.56. The van der Waals surface area contributed by atoms with Crippen LogP contribution in [0.2, 0.25) is 0 Å². The predicted molar refractivity (Wildman–Crippen MR) is 97.4 cm³/mol. The van der Waals surface area contributed by atoms with Gasteiger partial charge in [-0.25, -0.2) is 4.39 Å². The molecule has 7 nitrogen and oxygen atoms in total. The topological polar surface area (TPSA) is 76.4 Å². The van der Waals surface area contributed by atoms with Crippen molar-refractivity contribution in [3.8, 4) is 5.75 Å². The fourth-order valence-electron chi connectivity index (χ4n) is 2.51. The average Bonchev–Trinajstić information content (AvgIpc) is 3.38. The van der Waals surface area contributed by atoms with Gasteiger partial charge in [-0.1, -0.05) is 6.07 Å². The van der Waals surface area contributed by atoms with Gasteiger partial charge in [-0.15, -0.1) is 10.2 Å². The van der Waals surface area contributed by atoms with Crippen molar-refractivity contribution in [3.63, 3.8) is 0 Å². The van der Waals surface area contributed by atoms with Crippen LogP contribution in [0.5, 0.6) is 5.75 Å². The second-order valence-electron chi connectivity index (χ2n) is 6.59. The number of rotatable bonds is 7. The first-order chi connectivity index (χ1) is 12.6. The molecule has 2 aromatic rings. The molecule has 1 aliphatic rings. The van der Waals surface area contributed by atoms with E-state index in [2.05, 4.69) is 25.8 Å². The third kappa shape index (κ3) is 4.71. The molecule has 1 aromatic heterocycles. The minimum atomic E-state index is -0.334. The lowest BCUT2D eigenvalue weighted by Crippen LogP contribution is -2.38. The van der Waals surface area contributed by atoms with E-state index in [1.165, 1.54) is 18.9 Å². The minimum Gasteiger partial charge on any atom is -0.490 e. The van der Waals surface area contributed by atoms with Gasteiger partial charge < -0.3 is 19.9 Å². The molecule has 140 valence electrons. The summed E-state index contributed by atoms with van der Waals surface area (Å²) >= 11 is 0. The molecule has 1 unspecified atom stereocenters. The summed E-state index contributed by atoms with van der Waals surface area (Å²) in [6.45, 7) is 3.04. The van der Waals surface area contributed by atoms with Crippen LogP contribution in [0.3, 0.4) is 0 Å². The fourth-order valence-corrected chi connectivity index (χ4v) is 2.51. The number of benzene rings is 1. The zero-order valence-corrected chi connectivity index (χ0v) is 15.4. The molecule has 1 aromatic carbocycles. The second kappa shape index (κ2) is 8.16. The van der Waals surface area contributed by atoms with Crippen LogP contribution < -0.4 is 15.4 Å². The molecular weight excluding hydrogens is 335 g/mol. The number of nitrogens with zero attached hydrogens (tertiary/aromatic N) is 4. The number of guanidine groups is 1. The molecule has 0 aliphatic heterocycles. The number of nitrogens with one attached hydrogen (secondary N) is 2. The van der Waals surface area contributed by atoms with Gasteiger partial charge in [-0.05, 0) is 43.4 Å². The summed E-state index contributed by atoms with van der Waals surface area (Å²) in [7, 11) is 3.57. The highest BCUT2D eigenvalue weighted by Gasteiger charge is 2.22. The smallest absolute Gasteiger partial charge is 0.191 e. The largest absolute Gasteiger partial charge is 0.490 e. The maximum atomic E-state index is 14.3. The van der Waals surface area contributed by atoms with Gasteiger partial charge in [0.25, 0.3) is 0 Å². The monoisotopic (exact) mass is 360 g/mol. The van der Waals surface area contributed by atoms with Crippen LogP contribution in [0.4, 0.5) is 4.39 Å². The van der Waals surface area contributed by atoms with E-state index in [4.69, 9.17) is 4.74 Å². The number of aliphatic imine (C=N–C) groups is 1. The molecule has 2 N–H and O–H groups in total. The lowest BCUT2D eigenvalue weighted by molar-refractivity contribution is 0.285. The molecule has 1 saturated carbocycles. The number of aryl methyl sites for hydroxylation is 1. The highest BCUT2D eigenvalue weighted by Crippen LogP contribution is 2.30. The summed E-state index contributed by atoms with van der Waals surface area (Å²) in [4.78, 5) is 4.20. The number of halogens is 1. The maximum absolute atomic E-state index is 14.3. The van der Waals surface area contributed by atoms with Crippen molar-refractivity contribution < 1.29 is 9.13 Å². The van der Waals surface area contributed by atoms with Crippen molar-refractivity contribution in [3.05, 3.63) is 41.7 Å². The normalized spacial score (nSPS) is 15.6. The van der Waals surface area contributed by atoms with Crippen LogP contribution >= 0.6 is 0 Å². The van der Waals surface area contributed by atoms with Gasteiger partial charge in [-0.3, -0.25) is 4.99 Å². The summed E-state index contributed by atoms with van der Waals surface area (Å²) in [5.74, 6) is 1.98. The molecule has 0 bridgehead atoms. The lowest BCUT2D eigenvalue weighted by atomic mass is 10.1. The van der Waals surface area contributed by atoms with Crippen molar-refractivity contribution in [2.75, 3.05) is 13.7 Å². The number of aromatic nitrogens is 3. The predicted octanol–water partition coefficient (Wildman–Crippen LogP) is 2.17. The van der Waals surface area contributed by atoms with Crippen LogP contribution in [-0.4, -0.2) is 34.4 Å². The standard InChI is InChI=1S/C18H25FN6O/c1-12(23-18(20-2)21-9-17-24-22-11-25(17)3)14-6-7-16(15(19)8-14)26-10-13-4-5-13/h6-8,11-13H,4-5,9-10H2,1-3H3,(H2,20,21,23). The molecule has 26 heavy (non-hydrogen) atoms. The third-order valence-corrected chi connectivity index (χ3v) is 4.42. The molecular formula is C18H25FN6O. The van der Waals surface area contributed by atoms with Crippen LogP contribution in [-0.2, 0) is 13.6 Å². The highest BCUT2D eigenvalue weighted by atomic mass is 19.1. The van der Waals surface area contributed by atoms with E-state index in [0.717, 1.165) is 11.4 Å². The summed E-state index contributed by atoms with van der Waals surface area (Å²) in [5.41, 5.74) is 0.822. The summed E-state index contributed by atoms with van der Waals surface area (Å²) in [6.07, 6.45) is 4.01. The summed E-state index contributed by atoms with van der Waals surface area (Å²) < 4.78 is 21.6. The van der Waals surface area contributed by atoms with Gasteiger partial charge in [0.05, 0.1) is 19.2 Å². The molecule has 1 fully saturated rings. The van der Waals surface area contributed by atoms with E-state index in [-0.39, 0.29) is 11.9 Å². The van der Waals surface area contributed by atoms with Gasteiger partial charge >= 0.3 is 0 Å². The molecule has 0 saturated heterocycles. The zero-order chi connectivity index (χ0) is 18.5. The van der Waals surface area contributed by atoms with Crippen molar-refractivity contribution in [1.82, 2.24) is 25.4 Å². The van der Waals surface area contributed by atoms with E-state index < -0.39 is 0 Å². The van der Waals surface area contributed by atoms with Gasteiger partial charge in [0.2, 0.25) is 0 Å². The van der Waals surface area contributed by atoms with E-state index >= 15 is 0 Å². The molecule has 8 heteroatoms. The van der Waals surface area contributed by atoms with Crippen molar-refractivity contribution in [2.45, 2.75) is 32.4 Å². The molecule has 3 rings (SSSR count). The van der Waals surface area contributed by atoms with Gasteiger partial charge in [-0.2, -0.15) is 0 Å². The SMILES string of the molecule is CN=C(NCc1nncn1C)NC(C)c1ccc(OCC2CC2)c(F)c1. The second-order valence-corrected chi connectivity index (χ2v) is 6.59. The Hall–Kier alpha value is -2.64. The van der Waals surface area contributed by atoms with Gasteiger partial charge in [0.15, 0.2) is 23.4 Å². The quantitative estimate of drug-likeness (QED) is 0.585. The van der Waals surface area contributed by atoms with Crippen LogP contribution in [0, 0.1) is 11.7 Å². The van der Waals surface area contributed by atoms with E-state index in [1.54, 1.807) is 19.4 Å². The van der Waals surface area contributed by atoms with E-state index in [0.29, 0.717) is 30.8 Å². The first kappa shape index (κ1) is 18.2. The van der Waals surface area contributed by atoms with Crippen molar-refractivity contribution >= 4 is 5.96 Å². The van der Waals surface area contributed by atoms with Gasteiger partial charge in [0.1, 0.15) is 6.33 Å². The van der Waals surface area contributed by atoms with Crippen molar-refractivity contribution in [1.29, 1.82) is 0 Å². The minimum absolute atomic E-state index is 0.118. The molecule has 1 atom stereocenters. The van der Waals surface area contributed by atoms with Crippen LogP contribution in [0.15, 0.2) is 29.5 Å². The highest BCUT2D eigenvalue weighted by molar-refractivity contribution is 5.80. The Labute approximate surface area is 152 Å². The third-order valence-electron chi connectivity index (χ3n) is 4.42. The molecule has 1 heterocycles. The summed E-state index contributed by atoms with van der Waals surface area (Å²) in [5, 5.41) is 14.3. The first-order valence-electron chi connectivity index (χ1n) is 8.79. The Morgan fingerprint density at radius 1 is 1.46 bits per heavy atom. The Morgan fingerprint density at radius 3 is 2.88 bits per heavy atom. The van der Waals surface area contributed by atoms with Gasteiger partial charge in [0, 0.05) is 14.1 Å². The van der Waals surface area contributed by atoms with Crippen molar-refractivity contribution in [2.24, 2.45) is 18.0 Å². The fraction of sp³-hybridized carbons (Fsp3) is 0.500. The molecule has 0 radical (unpaired) electrons. The molecule has 0 spiro atoms. The first-order valence-corrected chi connectivity index (χ1v) is 8.79. The van der Waals surface area contributed by atoms with Crippen LogP contribution in [0.25, 0.3) is 0 Å². The lowest BCUT2D eigenvalue weighted by Gasteiger charge is -2.19. The Morgan fingerprint density at radius 2 is 2.27 bits per heavy atom. The number of hydrogen-bond donors (Lipinski definition) is 2. The molecule has 1 aliphatic carbocycles. The van der Waals surface area contributed by atoms with Crippen LogP contribution in [0.1, 0.15) is 37.2 Å². The Bertz CT molecular complexity index is 771.